The quantitative estimate of drug-likeness (QED) is 0.837. The van der Waals surface area contributed by atoms with Crippen molar-refractivity contribution in [1.82, 2.24) is 9.78 Å². The average Bonchev–Trinajstić information content (AvgIpc) is 2.77. The highest BCUT2D eigenvalue weighted by Gasteiger charge is 2.15. The van der Waals surface area contributed by atoms with Crippen molar-refractivity contribution in [2.75, 3.05) is 11.9 Å². The fourth-order valence-corrected chi connectivity index (χ4v) is 2.17. The van der Waals surface area contributed by atoms with Gasteiger partial charge in [0.1, 0.15) is 5.15 Å². The topological polar surface area (TPSA) is 29.9 Å². The summed E-state index contributed by atoms with van der Waals surface area (Å²) >= 11 is 6.03. The molecule has 1 aromatic heterocycles. The summed E-state index contributed by atoms with van der Waals surface area (Å²) in [6, 6.07) is 0. The lowest BCUT2D eigenvalue weighted by atomic mass is 10.1. The second-order valence-corrected chi connectivity index (χ2v) is 4.36. The van der Waals surface area contributed by atoms with E-state index < -0.39 is 0 Å². The molecule has 78 valence electrons. The lowest BCUT2D eigenvalue weighted by Crippen LogP contribution is -2.10. The minimum absolute atomic E-state index is 0.697. The zero-order chi connectivity index (χ0) is 9.97. The van der Waals surface area contributed by atoms with Crippen molar-refractivity contribution in [3.8, 4) is 0 Å². The molecule has 0 aromatic carbocycles. The third kappa shape index (κ3) is 2.03. The fraction of sp³-hybridized carbons (Fsp3) is 0.700. The van der Waals surface area contributed by atoms with E-state index in [1.807, 2.05) is 7.05 Å². The maximum absolute atomic E-state index is 6.03. The van der Waals surface area contributed by atoms with Gasteiger partial charge in [-0.15, -0.1) is 0 Å². The summed E-state index contributed by atoms with van der Waals surface area (Å²) < 4.78 is 1.68. The van der Waals surface area contributed by atoms with Gasteiger partial charge < -0.3 is 5.32 Å². The van der Waals surface area contributed by atoms with Crippen molar-refractivity contribution in [3.63, 3.8) is 0 Å². The van der Waals surface area contributed by atoms with Gasteiger partial charge in [0.15, 0.2) is 0 Å². The van der Waals surface area contributed by atoms with Crippen LogP contribution in [0, 0.1) is 5.92 Å². The van der Waals surface area contributed by atoms with E-state index in [-0.39, 0.29) is 0 Å². The van der Waals surface area contributed by atoms with Gasteiger partial charge >= 0.3 is 0 Å². The Hall–Kier alpha value is -0.700. The Bertz CT molecular complexity index is 302. The minimum atomic E-state index is 0.697. The highest BCUT2D eigenvalue weighted by molar-refractivity contribution is 6.32. The average molecular weight is 214 g/mol. The lowest BCUT2D eigenvalue weighted by Gasteiger charge is -2.10. The Morgan fingerprint density at radius 3 is 2.86 bits per heavy atom. The minimum Gasteiger partial charge on any atom is -0.381 e. The van der Waals surface area contributed by atoms with E-state index >= 15 is 0 Å². The highest BCUT2D eigenvalue weighted by atomic mass is 35.5. The van der Waals surface area contributed by atoms with Crippen LogP contribution in [0.4, 0.5) is 5.69 Å². The van der Waals surface area contributed by atoms with Crippen LogP contribution in [-0.2, 0) is 7.05 Å². The van der Waals surface area contributed by atoms with E-state index in [1.165, 1.54) is 25.7 Å². The molecule has 1 saturated carbocycles. The molecule has 0 saturated heterocycles. The molecule has 0 atom stereocenters. The second-order valence-electron chi connectivity index (χ2n) is 4.00. The summed E-state index contributed by atoms with van der Waals surface area (Å²) in [7, 11) is 1.85. The SMILES string of the molecule is Cn1ncc(NCC2CCCC2)c1Cl. The number of nitrogens with zero attached hydrogens (tertiary/aromatic N) is 2. The molecule has 1 N–H and O–H groups in total. The molecule has 0 aliphatic heterocycles. The first kappa shape index (κ1) is 9.84. The Balaban J connectivity index is 1.88. The van der Waals surface area contributed by atoms with Crippen molar-refractivity contribution in [2.24, 2.45) is 13.0 Å². The molecular formula is C10H16ClN3. The Labute approximate surface area is 89.4 Å². The molecule has 1 aromatic rings. The molecule has 2 rings (SSSR count). The molecule has 0 radical (unpaired) electrons. The van der Waals surface area contributed by atoms with Crippen LogP contribution in [0.5, 0.6) is 0 Å². The Kier molecular flexibility index (Phi) is 2.96. The van der Waals surface area contributed by atoms with Crippen molar-refractivity contribution in [2.45, 2.75) is 25.7 Å². The van der Waals surface area contributed by atoms with Gasteiger partial charge in [-0.3, -0.25) is 4.68 Å². The highest BCUT2D eigenvalue weighted by Crippen LogP contribution is 2.26. The number of aryl methyl sites for hydroxylation is 1. The van der Waals surface area contributed by atoms with E-state index in [0.717, 1.165) is 18.2 Å². The van der Waals surface area contributed by atoms with Gasteiger partial charge in [0.05, 0.1) is 11.9 Å². The maximum atomic E-state index is 6.03. The number of nitrogens with one attached hydrogen (secondary N) is 1. The van der Waals surface area contributed by atoms with Crippen LogP contribution < -0.4 is 5.32 Å². The van der Waals surface area contributed by atoms with Crippen molar-refractivity contribution < 1.29 is 0 Å². The van der Waals surface area contributed by atoms with Gasteiger partial charge in [-0.05, 0) is 18.8 Å². The summed E-state index contributed by atoms with van der Waals surface area (Å²) in [5.41, 5.74) is 0.959. The number of hydrogen-bond donors (Lipinski definition) is 1. The van der Waals surface area contributed by atoms with E-state index in [9.17, 15) is 0 Å². The zero-order valence-electron chi connectivity index (χ0n) is 8.46. The van der Waals surface area contributed by atoms with Gasteiger partial charge in [0.25, 0.3) is 0 Å². The lowest BCUT2D eigenvalue weighted by molar-refractivity contribution is 0.580. The van der Waals surface area contributed by atoms with Gasteiger partial charge in [-0.25, -0.2) is 0 Å². The first-order chi connectivity index (χ1) is 6.77. The van der Waals surface area contributed by atoms with Crippen molar-refractivity contribution in [3.05, 3.63) is 11.3 Å². The second kappa shape index (κ2) is 4.22. The van der Waals surface area contributed by atoms with Crippen LogP contribution in [0.3, 0.4) is 0 Å². The van der Waals surface area contributed by atoms with Crippen LogP contribution in [0.2, 0.25) is 5.15 Å². The van der Waals surface area contributed by atoms with Gasteiger partial charge in [0.2, 0.25) is 0 Å². The monoisotopic (exact) mass is 213 g/mol. The molecule has 1 aliphatic rings. The van der Waals surface area contributed by atoms with Crippen LogP contribution in [0.25, 0.3) is 0 Å². The van der Waals surface area contributed by atoms with E-state index in [1.54, 1.807) is 10.9 Å². The van der Waals surface area contributed by atoms with Gasteiger partial charge in [-0.1, -0.05) is 24.4 Å². The fourth-order valence-electron chi connectivity index (χ4n) is 2.01. The maximum Gasteiger partial charge on any atom is 0.149 e. The molecule has 0 unspecified atom stereocenters. The smallest absolute Gasteiger partial charge is 0.149 e. The van der Waals surface area contributed by atoms with E-state index in [0.29, 0.717) is 5.15 Å². The number of rotatable bonds is 3. The van der Waals surface area contributed by atoms with Crippen molar-refractivity contribution >= 4 is 17.3 Å². The van der Waals surface area contributed by atoms with Crippen LogP contribution in [-0.4, -0.2) is 16.3 Å². The molecule has 4 heteroatoms. The Morgan fingerprint density at radius 1 is 1.57 bits per heavy atom. The summed E-state index contributed by atoms with van der Waals surface area (Å²) in [5, 5.41) is 8.14. The predicted molar refractivity (Wildman–Crippen MR) is 58.7 cm³/mol. The summed E-state index contributed by atoms with van der Waals surface area (Å²) in [6.45, 7) is 1.03. The number of halogens is 1. The third-order valence-electron chi connectivity index (χ3n) is 2.92. The number of aromatic nitrogens is 2. The first-order valence-corrected chi connectivity index (χ1v) is 5.56. The standard InChI is InChI=1S/C10H16ClN3/c1-14-10(11)9(7-13-14)12-6-8-4-2-3-5-8/h7-8,12H,2-6H2,1H3. The normalized spacial score (nSPS) is 17.6. The molecule has 1 aliphatic carbocycles. The molecular weight excluding hydrogens is 198 g/mol. The molecule has 0 spiro atoms. The first-order valence-electron chi connectivity index (χ1n) is 5.18. The van der Waals surface area contributed by atoms with Crippen LogP contribution in [0.15, 0.2) is 6.20 Å². The molecule has 0 amide bonds. The van der Waals surface area contributed by atoms with Crippen LogP contribution >= 0.6 is 11.6 Å². The Morgan fingerprint density at radius 2 is 2.29 bits per heavy atom. The van der Waals surface area contributed by atoms with Gasteiger partial charge in [-0.2, -0.15) is 5.10 Å². The molecule has 14 heavy (non-hydrogen) atoms. The largest absolute Gasteiger partial charge is 0.381 e. The predicted octanol–water partition coefficient (Wildman–Crippen LogP) is 2.68. The van der Waals surface area contributed by atoms with E-state index in [2.05, 4.69) is 10.4 Å². The molecule has 1 heterocycles. The number of hydrogen-bond acceptors (Lipinski definition) is 2. The van der Waals surface area contributed by atoms with Gasteiger partial charge in [0, 0.05) is 13.6 Å². The molecule has 3 nitrogen and oxygen atoms in total. The summed E-state index contributed by atoms with van der Waals surface area (Å²) in [6.07, 6.45) is 7.26. The van der Waals surface area contributed by atoms with Crippen LogP contribution in [0.1, 0.15) is 25.7 Å². The summed E-state index contributed by atoms with van der Waals surface area (Å²) in [4.78, 5) is 0. The summed E-state index contributed by atoms with van der Waals surface area (Å²) in [5.74, 6) is 0.825. The van der Waals surface area contributed by atoms with E-state index in [4.69, 9.17) is 11.6 Å². The number of anilines is 1. The van der Waals surface area contributed by atoms with Crippen molar-refractivity contribution in [1.29, 1.82) is 0 Å². The zero-order valence-corrected chi connectivity index (χ0v) is 9.22. The molecule has 0 bridgehead atoms. The molecule has 1 fully saturated rings. The third-order valence-corrected chi connectivity index (χ3v) is 3.37.